The average molecular weight is 1440 g/mol. The third kappa shape index (κ3) is 9.96. The Kier molecular flexibility index (Phi) is 14.8. The highest BCUT2D eigenvalue weighted by Crippen LogP contribution is 2.52. The highest BCUT2D eigenvalue weighted by Gasteiger charge is 2.27. The molecule has 4 heterocycles. The quantitative estimate of drug-likeness (QED) is 0.0973. The van der Waals surface area contributed by atoms with Crippen molar-refractivity contribution in [1.29, 1.82) is 0 Å². The summed E-state index contributed by atoms with van der Waals surface area (Å²) in [6.07, 6.45) is 0. The van der Waals surface area contributed by atoms with Crippen LogP contribution in [0.3, 0.4) is 0 Å². The van der Waals surface area contributed by atoms with Crippen LogP contribution in [-0.4, -0.2) is 12.7 Å². The molecule has 0 amide bonds. The molecule has 22 aromatic rings. The lowest BCUT2D eigenvalue weighted by Crippen LogP contribution is -2.02. The largest absolute Gasteiger partial charge is 0.569 e. The van der Waals surface area contributed by atoms with E-state index in [4.69, 9.17) is 22.3 Å². The number of benzene rings is 18. The van der Waals surface area contributed by atoms with E-state index in [1.165, 1.54) is 65.7 Å². The van der Waals surface area contributed by atoms with Gasteiger partial charge >= 0.3 is 7.69 Å². The minimum absolute atomic E-state index is 0.664. The maximum atomic E-state index is 9.43. The zero-order valence-electron chi connectivity index (χ0n) is 55.8. The monoisotopic (exact) mass is 1440 g/mol. The molecule has 104 heavy (non-hydrogen) atoms. The molecule has 1 radical (unpaired) electrons. The molecule has 8 heteroatoms. The number of halogens is 1. The Morgan fingerprint density at radius 1 is 0.231 bits per heavy atom. The molecule has 6 nitrogen and oxygen atoms in total. The number of hydrogen-bond acceptors (Lipinski definition) is 6. The summed E-state index contributed by atoms with van der Waals surface area (Å²) >= 11 is 2.32. The van der Waals surface area contributed by atoms with Gasteiger partial charge in [0, 0.05) is 59.4 Å². The van der Waals surface area contributed by atoms with Crippen molar-refractivity contribution in [2.24, 2.45) is 0 Å². The molecule has 0 aliphatic rings. The Labute approximate surface area is 610 Å². The molecular weight excluding hydrogens is 1390 g/mol. The second-order valence-electron chi connectivity index (χ2n) is 26.4. The van der Waals surface area contributed by atoms with Gasteiger partial charge in [-0.1, -0.05) is 291 Å². The molecule has 0 saturated carbocycles. The highest BCUT2D eigenvalue weighted by atomic mass is 127. The molecule has 4 aromatic heterocycles. The highest BCUT2D eigenvalue weighted by molar-refractivity contribution is 14.1. The summed E-state index contributed by atoms with van der Waals surface area (Å²) in [5.74, 6) is 0.664. The third-order valence-corrected chi connectivity index (χ3v) is 21.7. The van der Waals surface area contributed by atoms with Crippen LogP contribution in [0.25, 0.3) is 208 Å². The van der Waals surface area contributed by atoms with Crippen molar-refractivity contribution in [2.75, 3.05) is 0 Å². The van der Waals surface area contributed by atoms with Crippen LogP contribution in [0.4, 0.5) is 0 Å². The van der Waals surface area contributed by atoms with Crippen molar-refractivity contribution in [3.05, 3.63) is 343 Å². The van der Waals surface area contributed by atoms with E-state index in [0.29, 0.717) is 5.75 Å². The minimum atomic E-state index is 0.664. The second-order valence-corrected chi connectivity index (χ2v) is 27.5. The fourth-order valence-electron chi connectivity index (χ4n) is 16.2. The summed E-state index contributed by atoms with van der Waals surface area (Å²) in [5.41, 5.74) is 18.8. The lowest BCUT2D eigenvalue weighted by molar-refractivity contribution is 0.459. The number of furan rings is 4. The van der Waals surface area contributed by atoms with Gasteiger partial charge in [-0.3, -0.25) is 0 Å². The number of fused-ring (bicyclic) bond motifs is 18. The molecule has 0 spiro atoms. The number of para-hydroxylation sites is 4. The fourth-order valence-corrected chi connectivity index (χ4v) is 17.0. The lowest BCUT2D eigenvalue weighted by Gasteiger charge is -2.18. The van der Waals surface area contributed by atoms with E-state index < -0.39 is 0 Å². The summed E-state index contributed by atoms with van der Waals surface area (Å²) in [6.45, 7) is 0. The minimum Gasteiger partial charge on any atom is -0.537 e. The van der Waals surface area contributed by atoms with Gasteiger partial charge in [0.2, 0.25) is 0 Å². The van der Waals surface area contributed by atoms with E-state index in [-0.39, 0.29) is 0 Å². The van der Waals surface area contributed by atoms with E-state index in [0.717, 1.165) is 154 Å². The molecule has 487 valence electrons. The van der Waals surface area contributed by atoms with Crippen LogP contribution in [-0.2, 0) is 0 Å². The van der Waals surface area contributed by atoms with Crippen LogP contribution in [0.1, 0.15) is 0 Å². The zero-order valence-corrected chi connectivity index (χ0v) is 57.9. The molecule has 0 fully saturated rings. The van der Waals surface area contributed by atoms with Gasteiger partial charge in [0.1, 0.15) is 39.2 Å². The summed E-state index contributed by atoms with van der Waals surface area (Å²) in [5, 5.41) is 32.2. The number of hydrogen-bond donors (Lipinski definition) is 1. The average Bonchev–Trinajstić information content (AvgIpc) is 1.40. The van der Waals surface area contributed by atoms with E-state index in [9.17, 15) is 5.02 Å². The molecule has 0 bridgehead atoms. The maximum absolute atomic E-state index is 9.43. The Morgan fingerprint density at radius 2 is 0.510 bits per heavy atom. The van der Waals surface area contributed by atoms with Crippen molar-refractivity contribution in [3.8, 4) is 61.4 Å². The van der Waals surface area contributed by atoms with Gasteiger partial charge in [0.15, 0.2) is 11.2 Å². The molecule has 0 aliphatic heterocycles. The molecule has 0 unspecified atom stereocenters. The lowest BCUT2D eigenvalue weighted by atomic mass is 9.84. The molecular formula is C96H57BIO6. The van der Waals surface area contributed by atoms with Gasteiger partial charge in [-0.25, -0.2) is 0 Å². The zero-order chi connectivity index (χ0) is 68.9. The molecule has 0 saturated heterocycles. The summed E-state index contributed by atoms with van der Waals surface area (Å²) in [6, 6.07) is 119. The topological polar surface area (TPSA) is 82.0 Å². The first kappa shape index (κ1) is 61.2. The van der Waals surface area contributed by atoms with E-state index in [1.807, 2.05) is 84.9 Å². The van der Waals surface area contributed by atoms with Gasteiger partial charge < -0.3 is 27.3 Å². The summed E-state index contributed by atoms with van der Waals surface area (Å²) in [4.78, 5) is 0. The van der Waals surface area contributed by atoms with Gasteiger partial charge in [-0.15, -0.1) is 0 Å². The normalized spacial score (nSPS) is 11.8. The predicted molar refractivity (Wildman–Crippen MR) is 442 cm³/mol. The van der Waals surface area contributed by atoms with Crippen LogP contribution in [0.2, 0.25) is 0 Å². The van der Waals surface area contributed by atoms with Crippen LogP contribution >= 0.6 is 22.6 Å². The molecule has 18 aromatic carbocycles. The smallest absolute Gasteiger partial charge is 0.537 e. The van der Waals surface area contributed by atoms with E-state index in [1.54, 1.807) is 0 Å². The van der Waals surface area contributed by atoms with Crippen molar-refractivity contribution >= 4 is 183 Å². The molecule has 1 N–H and O–H groups in total. The van der Waals surface area contributed by atoms with Gasteiger partial charge in [-0.05, 0) is 169 Å². The van der Waals surface area contributed by atoms with E-state index >= 15 is 0 Å². The van der Waals surface area contributed by atoms with Gasteiger partial charge in [0.25, 0.3) is 0 Å². The summed E-state index contributed by atoms with van der Waals surface area (Å²) in [7, 11) is 0.759. The maximum Gasteiger partial charge on any atom is 0.569 e. The van der Waals surface area contributed by atoms with Crippen LogP contribution in [0.15, 0.2) is 357 Å². The Hall–Kier alpha value is -12.7. The number of rotatable bonds is 7. The molecule has 22 rings (SSSR count). The predicted octanol–water partition coefficient (Wildman–Crippen LogP) is 27.4. The van der Waals surface area contributed by atoms with Gasteiger partial charge in [-0.2, -0.15) is 0 Å². The van der Waals surface area contributed by atoms with Crippen LogP contribution in [0, 0.1) is 3.57 Å². The Balaban J connectivity index is 0.000000114. The summed E-state index contributed by atoms with van der Waals surface area (Å²) < 4.78 is 32.3. The first-order chi connectivity index (χ1) is 51.5. The fraction of sp³-hybridized carbons (Fsp3) is 0. The van der Waals surface area contributed by atoms with Crippen molar-refractivity contribution in [3.63, 3.8) is 0 Å². The van der Waals surface area contributed by atoms with Crippen LogP contribution < -0.4 is 4.65 Å². The van der Waals surface area contributed by atoms with Crippen molar-refractivity contribution in [1.82, 2.24) is 0 Å². The second kappa shape index (κ2) is 25.1. The van der Waals surface area contributed by atoms with E-state index in [2.05, 4.69) is 277 Å². The first-order valence-electron chi connectivity index (χ1n) is 34.8. The SMILES string of the molecule is Ic1c2oc3ccccc3c2cc2c1oc1ccccc12.O[B]Oc1c2ccccc2c(-c2cccc(-c3cccc4ccccc34)c2)c2ccccc12.c1cc(-c2cccc3ccccc23)cc(-c2c3ccccc3c(-c3c4oc5ccccc5c4cc4c3oc3ccccc34)c3ccccc23)c1. The first-order valence-corrected chi connectivity index (χ1v) is 35.9. The van der Waals surface area contributed by atoms with Crippen LogP contribution in [0.5, 0.6) is 5.75 Å². The molecule has 0 atom stereocenters. The van der Waals surface area contributed by atoms with Crippen molar-refractivity contribution in [2.45, 2.75) is 0 Å². The van der Waals surface area contributed by atoms with Gasteiger partial charge in [0.05, 0.1) is 9.13 Å². The van der Waals surface area contributed by atoms with Crippen molar-refractivity contribution < 1.29 is 27.3 Å². The standard InChI is InChI=1S/C48H28O2.C30H20BO2.C18H9IO2/c1-2-17-32-29(13-1)14-12-24-33(32)30-15-11-16-31(27-30)44-36-20-3-5-22-38(36)45(39-23-6-4-21-37(39)44)46-47-40(34-18-7-9-25-42(34)49-47)28-41-35-19-8-10-26-43(35)50-48(41)46;32-31-33-30-27-16-5-3-14-25(27)29(26-15-4-6-17-28(26)30)22-12-7-11-21(19-22)24-18-8-10-20-9-1-2-13-23(20)24;19-16-17-12(10-5-1-3-7-14(10)20-17)9-13-11-6-2-4-8-15(11)21-18(13)16/h1-28H;1-19,32H;1-9H. The molecule has 0 aliphatic carbocycles. The Morgan fingerprint density at radius 3 is 0.894 bits per heavy atom. The third-order valence-electron chi connectivity index (χ3n) is 20.7. The Bertz CT molecular complexity index is 6940.